The van der Waals surface area contributed by atoms with E-state index in [4.69, 9.17) is 4.74 Å². The van der Waals surface area contributed by atoms with E-state index in [0.29, 0.717) is 10.4 Å². The first-order valence-electron chi connectivity index (χ1n) is 8.71. The van der Waals surface area contributed by atoms with E-state index in [1.807, 2.05) is 0 Å². The molecule has 0 saturated carbocycles. The van der Waals surface area contributed by atoms with Crippen LogP contribution in [0.2, 0.25) is 0 Å². The van der Waals surface area contributed by atoms with Gasteiger partial charge in [-0.15, -0.1) is 11.3 Å². The fourth-order valence-corrected chi connectivity index (χ4v) is 3.44. The minimum atomic E-state index is -4.53. The quantitative estimate of drug-likeness (QED) is 0.474. The molecule has 1 amide bonds. The molecule has 0 spiro atoms. The summed E-state index contributed by atoms with van der Waals surface area (Å²) in [4.78, 5) is 16.6. The number of nitrogens with zero attached hydrogens (tertiary/aromatic N) is 1. The molecule has 2 aromatic carbocycles. The third-order valence-corrected chi connectivity index (χ3v) is 4.88. The van der Waals surface area contributed by atoms with Gasteiger partial charge in [0.1, 0.15) is 5.75 Å². The van der Waals surface area contributed by atoms with Gasteiger partial charge in [0.15, 0.2) is 11.7 Å². The van der Waals surface area contributed by atoms with Crippen molar-refractivity contribution in [3.05, 3.63) is 76.3 Å². The molecule has 3 rings (SSSR count). The van der Waals surface area contributed by atoms with Gasteiger partial charge in [-0.3, -0.25) is 10.1 Å². The molecule has 0 bridgehead atoms. The van der Waals surface area contributed by atoms with E-state index >= 15 is 0 Å². The molecule has 0 radical (unpaired) electrons. The Balaban J connectivity index is 1.56. The first kappa shape index (κ1) is 22.6. The minimum absolute atomic E-state index is 0.116. The number of carbonyl (C=O) groups excluding carboxylic acids is 1. The molecule has 0 fully saturated rings. The van der Waals surface area contributed by atoms with Gasteiger partial charge >= 0.3 is 12.4 Å². The second kappa shape index (κ2) is 8.96. The van der Waals surface area contributed by atoms with Crippen LogP contribution in [0.3, 0.4) is 0 Å². The molecule has 4 nitrogen and oxygen atoms in total. The van der Waals surface area contributed by atoms with Gasteiger partial charge in [-0.2, -0.15) is 26.3 Å². The van der Waals surface area contributed by atoms with E-state index in [0.717, 1.165) is 41.7 Å². The molecule has 31 heavy (non-hydrogen) atoms. The van der Waals surface area contributed by atoms with Gasteiger partial charge < -0.3 is 4.74 Å². The maximum Gasteiger partial charge on any atom is 0.416 e. The molecule has 1 aromatic heterocycles. The average Bonchev–Trinajstić information content (AvgIpc) is 3.12. The zero-order chi connectivity index (χ0) is 22.6. The van der Waals surface area contributed by atoms with E-state index < -0.39 is 36.0 Å². The van der Waals surface area contributed by atoms with Crippen LogP contribution in [-0.4, -0.2) is 17.5 Å². The summed E-state index contributed by atoms with van der Waals surface area (Å²) in [6, 6.07) is 9.00. The van der Waals surface area contributed by atoms with Crippen LogP contribution >= 0.6 is 11.3 Å². The smallest absolute Gasteiger partial charge is 0.416 e. The van der Waals surface area contributed by atoms with Crippen molar-refractivity contribution in [3.8, 4) is 5.75 Å². The number of halogens is 6. The summed E-state index contributed by atoms with van der Waals surface area (Å²) in [6.45, 7) is -0.538. The van der Waals surface area contributed by atoms with Crippen molar-refractivity contribution in [1.29, 1.82) is 0 Å². The molecule has 0 aliphatic rings. The van der Waals surface area contributed by atoms with Crippen LogP contribution in [0.5, 0.6) is 5.75 Å². The fraction of sp³-hybridized carbons (Fsp3) is 0.200. The molecular weight excluding hydrogens is 446 g/mol. The number of benzene rings is 2. The Morgan fingerprint density at radius 1 is 0.968 bits per heavy atom. The first-order valence-corrected chi connectivity index (χ1v) is 9.53. The highest BCUT2D eigenvalue weighted by Gasteiger charge is 2.31. The van der Waals surface area contributed by atoms with Crippen LogP contribution in [-0.2, 0) is 23.6 Å². The summed E-state index contributed by atoms with van der Waals surface area (Å²) in [5.41, 5.74) is -1.22. The molecule has 3 aromatic rings. The van der Waals surface area contributed by atoms with Gasteiger partial charge in [0.05, 0.1) is 11.1 Å². The third-order valence-electron chi connectivity index (χ3n) is 3.96. The number of aromatic nitrogens is 1. The number of hydrogen-bond donors (Lipinski definition) is 1. The molecule has 0 aliphatic carbocycles. The number of nitrogens with one attached hydrogen (secondary N) is 1. The predicted octanol–water partition coefficient (Wildman–Crippen LogP) is 5.79. The van der Waals surface area contributed by atoms with E-state index in [1.165, 1.54) is 18.3 Å². The summed E-state index contributed by atoms with van der Waals surface area (Å²) in [7, 11) is 0. The zero-order valence-electron chi connectivity index (χ0n) is 15.6. The van der Waals surface area contributed by atoms with Gasteiger partial charge in [-0.25, -0.2) is 4.98 Å². The zero-order valence-corrected chi connectivity index (χ0v) is 16.4. The molecular formula is C20H14F6N2O2S. The number of amides is 1. The number of carbonyl (C=O) groups is 1. The summed E-state index contributed by atoms with van der Waals surface area (Å²) in [6.07, 6.45) is -7.35. The lowest BCUT2D eigenvalue weighted by Gasteiger charge is -2.09. The Morgan fingerprint density at radius 2 is 1.61 bits per heavy atom. The minimum Gasteiger partial charge on any atom is -0.484 e. The second-order valence-corrected chi connectivity index (χ2v) is 7.48. The maximum atomic E-state index is 12.8. The Kier molecular flexibility index (Phi) is 6.54. The van der Waals surface area contributed by atoms with Crippen molar-refractivity contribution in [1.82, 2.24) is 4.98 Å². The van der Waals surface area contributed by atoms with E-state index in [2.05, 4.69) is 10.3 Å². The summed E-state index contributed by atoms with van der Waals surface area (Å²) in [5, 5.41) is 2.63. The summed E-state index contributed by atoms with van der Waals surface area (Å²) < 4.78 is 81.6. The highest BCUT2D eigenvalue weighted by molar-refractivity contribution is 7.15. The van der Waals surface area contributed by atoms with E-state index in [-0.39, 0.29) is 17.3 Å². The van der Waals surface area contributed by atoms with E-state index in [1.54, 1.807) is 6.07 Å². The highest BCUT2D eigenvalue weighted by Crippen LogP contribution is 2.32. The molecule has 0 aliphatic heterocycles. The topological polar surface area (TPSA) is 51.2 Å². The Labute approximate surface area is 176 Å². The van der Waals surface area contributed by atoms with Crippen LogP contribution in [0.15, 0.2) is 54.7 Å². The van der Waals surface area contributed by atoms with Crippen molar-refractivity contribution in [2.75, 3.05) is 11.9 Å². The summed E-state index contributed by atoms with van der Waals surface area (Å²) in [5.74, 6) is -0.758. The van der Waals surface area contributed by atoms with Crippen LogP contribution in [0, 0.1) is 0 Å². The van der Waals surface area contributed by atoms with Crippen LogP contribution in [0.4, 0.5) is 31.5 Å². The SMILES string of the molecule is O=C(COc1cccc(C(F)(F)F)c1)Nc1ncc(Cc2cccc(C(F)(F)F)c2)s1. The van der Waals surface area contributed by atoms with Gasteiger partial charge in [0.25, 0.3) is 5.91 Å². The van der Waals surface area contributed by atoms with Gasteiger partial charge in [-0.1, -0.05) is 24.3 Å². The molecule has 0 saturated heterocycles. The third kappa shape index (κ3) is 6.45. The Morgan fingerprint density at radius 3 is 2.29 bits per heavy atom. The highest BCUT2D eigenvalue weighted by atomic mass is 32.1. The van der Waals surface area contributed by atoms with E-state index in [9.17, 15) is 31.1 Å². The average molecular weight is 460 g/mol. The maximum absolute atomic E-state index is 12.8. The number of ether oxygens (including phenoxy) is 1. The van der Waals surface area contributed by atoms with Gasteiger partial charge in [0.2, 0.25) is 0 Å². The molecule has 11 heteroatoms. The lowest BCUT2D eigenvalue weighted by Crippen LogP contribution is -2.20. The number of hydrogen-bond acceptors (Lipinski definition) is 4. The Hall–Kier alpha value is -3.08. The lowest BCUT2D eigenvalue weighted by atomic mass is 10.1. The standard InChI is InChI=1S/C20H14F6N2O2S/c21-19(22,23)13-4-1-3-12(7-13)8-16-10-27-18(31-16)28-17(29)11-30-15-6-2-5-14(9-15)20(24,25)26/h1-7,9-10H,8,11H2,(H,27,28,29). The van der Waals surface area contributed by atoms with Gasteiger partial charge in [-0.05, 0) is 29.8 Å². The van der Waals surface area contributed by atoms with Crippen molar-refractivity contribution >= 4 is 22.4 Å². The molecule has 0 unspecified atom stereocenters. The monoisotopic (exact) mass is 460 g/mol. The number of thiazole rings is 1. The van der Waals surface area contributed by atoms with Crippen molar-refractivity contribution in [3.63, 3.8) is 0 Å². The predicted molar refractivity (Wildman–Crippen MR) is 102 cm³/mol. The van der Waals surface area contributed by atoms with Crippen molar-refractivity contribution < 1.29 is 35.9 Å². The second-order valence-electron chi connectivity index (χ2n) is 6.37. The molecule has 164 valence electrons. The summed E-state index contributed by atoms with van der Waals surface area (Å²) >= 11 is 1.07. The molecule has 0 atom stereocenters. The van der Waals surface area contributed by atoms with Crippen LogP contribution in [0.25, 0.3) is 0 Å². The van der Waals surface area contributed by atoms with Crippen LogP contribution in [0.1, 0.15) is 21.6 Å². The molecule has 1 heterocycles. The van der Waals surface area contributed by atoms with Crippen molar-refractivity contribution in [2.24, 2.45) is 0 Å². The van der Waals surface area contributed by atoms with Crippen LogP contribution < -0.4 is 10.1 Å². The Bertz CT molecular complexity index is 1060. The first-order chi connectivity index (χ1) is 14.5. The van der Waals surface area contributed by atoms with Gasteiger partial charge in [0, 0.05) is 17.5 Å². The van der Waals surface area contributed by atoms with Crippen molar-refractivity contribution in [2.45, 2.75) is 18.8 Å². The number of anilines is 1. The fourth-order valence-electron chi connectivity index (χ4n) is 2.57. The number of rotatable bonds is 6. The number of alkyl halides is 6. The lowest BCUT2D eigenvalue weighted by molar-refractivity contribution is -0.138. The molecule has 1 N–H and O–H groups in total. The normalized spacial score (nSPS) is 11.9. The largest absolute Gasteiger partial charge is 0.484 e.